The lowest BCUT2D eigenvalue weighted by atomic mass is 9.77. The minimum Gasteiger partial charge on any atom is -0.196 e. The molecule has 0 spiro atoms. The number of hydrogen-bond donors (Lipinski definition) is 0. The number of azo groups is 1. The van der Waals surface area contributed by atoms with Crippen molar-refractivity contribution in [3.63, 3.8) is 0 Å². The van der Waals surface area contributed by atoms with Gasteiger partial charge in [-0.1, -0.05) is 20.8 Å². The molecule has 0 fully saturated rings. The van der Waals surface area contributed by atoms with Gasteiger partial charge in [-0.15, -0.1) is 0 Å². The van der Waals surface area contributed by atoms with Crippen molar-refractivity contribution in [2.24, 2.45) is 15.6 Å². The molecule has 0 aromatic carbocycles. The Kier molecular flexibility index (Phi) is 3.44. The van der Waals surface area contributed by atoms with Crippen LogP contribution in [-0.4, -0.2) is 11.1 Å². The summed E-state index contributed by atoms with van der Waals surface area (Å²) in [5, 5.41) is 17.5. The van der Waals surface area contributed by atoms with Gasteiger partial charge in [0.15, 0.2) is 5.54 Å². The molecule has 3 heteroatoms. The van der Waals surface area contributed by atoms with E-state index in [1.165, 1.54) is 0 Å². The van der Waals surface area contributed by atoms with E-state index in [1.54, 1.807) is 0 Å². The van der Waals surface area contributed by atoms with Gasteiger partial charge in [-0.25, -0.2) is 0 Å². The summed E-state index contributed by atoms with van der Waals surface area (Å²) in [4.78, 5) is 0. The molecule has 0 aliphatic carbocycles. The molecule has 0 heterocycles. The predicted molar refractivity (Wildman–Crippen MR) is 58.1 cm³/mol. The molecule has 0 aromatic heterocycles. The topological polar surface area (TPSA) is 48.5 Å². The third-order valence-corrected chi connectivity index (χ3v) is 2.23. The molecule has 0 aliphatic rings. The third-order valence-electron chi connectivity index (χ3n) is 2.23. The van der Waals surface area contributed by atoms with Crippen molar-refractivity contribution in [3.05, 3.63) is 0 Å². The van der Waals surface area contributed by atoms with Crippen LogP contribution < -0.4 is 0 Å². The Morgan fingerprint density at radius 1 is 0.857 bits per heavy atom. The van der Waals surface area contributed by atoms with E-state index < -0.39 is 5.54 Å². The maximum atomic E-state index is 9.11. The minimum atomic E-state index is -0.750. The highest BCUT2D eigenvalue weighted by Gasteiger charge is 2.38. The average Bonchev–Trinajstić information content (AvgIpc) is 1.96. The number of hydrogen-bond acceptors (Lipinski definition) is 3. The van der Waals surface area contributed by atoms with Crippen molar-refractivity contribution in [2.45, 2.75) is 59.5 Å². The van der Waals surface area contributed by atoms with Crippen molar-refractivity contribution in [2.75, 3.05) is 0 Å². The van der Waals surface area contributed by atoms with E-state index in [4.69, 9.17) is 5.26 Å². The van der Waals surface area contributed by atoms with Crippen molar-refractivity contribution in [3.8, 4) is 6.07 Å². The van der Waals surface area contributed by atoms with Gasteiger partial charge >= 0.3 is 0 Å². The molecular weight excluding hydrogens is 174 g/mol. The lowest BCUT2D eigenvalue weighted by molar-refractivity contribution is 0.255. The molecule has 1 unspecified atom stereocenters. The van der Waals surface area contributed by atoms with Crippen LogP contribution in [0.4, 0.5) is 0 Å². The van der Waals surface area contributed by atoms with E-state index in [0.29, 0.717) is 0 Å². The molecule has 0 bridgehead atoms. The fourth-order valence-corrected chi connectivity index (χ4v) is 0.590. The van der Waals surface area contributed by atoms with Gasteiger partial charge in [0, 0.05) is 5.41 Å². The fraction of sp³-hybridized carbons (Fsp3) is 0.909. The van der Waals surface area contributed by atoms with Crippen LogP contribution >= 0.6 is 0 Å². The van der Waals surface area contributed by atoms with Crippen molar-refractivity contribution in [1.82, 2.24) is 0 Å². The summed E-state index contributed by atoms with van der Waals surface area (Å²) in [5.74, 6) is 0. The highest BCUT2D eigenvalue weighted by atomic mass is 15.2. The molecule has 0 radical (unpaired) electrons. The summed E-state index contributed by atoms with van der Waals surface area (Å²) in [7, 11) is 0. The monoisotopic (exact) mass is 195 g/mol. The molecule has 14 heavy (non-hydrogen) atoms. The Morgan fingerprint density at radius 2 is 1.29 bits per heavy atom. The Labute approximate surface area is 87.2 Å². The molecule has 0 saturated carbocycles. The quantitative estimate of drug-likeness (QED) is 0.590. The summed E-state index contributed by atoms with van der Waals surface area (Å²) in [6.07, 6.45) is 0. The summed E-state index contributed by atoms with van der Waals surface area (Å²) in [5.41, 5.74) is -1.17. The Bertz CT molecular complexity index is 260. The molecule has 0 aromatic rings. The first-order valence-corrected chi connectivity index (χ1v) is 4.87. The van der Waals surface area contributed by atoms with Gasteiger partial charge in [0.25, 0.3) is 0 Å². The Balaban J connectivity index is 4.96. The molecule has 80 valence electrons. The third kappa shape index (κ3) is 3.45. The van der Waals surface area contributed by atoms with Gasteiger partial charge in [0.2, 0.25) is 0 Å². The van der Waals surface area contributed by atoms with Gasteiger partial charge in [0.1, 0.15) is 0 Å². The first-order valence-electron chi connectivity index (χ1n) is 4.87. The maximum absolute atomic E-state index is 9.11. The van der Waals surface area contributed by atoms with E-state index in [0.717, 1.165) is 0 Å². The molecule has 0 saturated heterocycles. The molecule has 0 amide bonds. The van der Waals surface area contributed by atoms with E-state index >= 15 is 0 Å². The second-order valence-corrected chi connectivity index (χ2v) is 5.80. The summed E-state index contributed by atoms with van der Waals surface area (Å²) >= 11 is 0. The largest absolute Gasteiger partial charge is 0.196 e. The first-order chi connectivity index (χ1) is 6.02. The molecule has 0 rings (SSSR count). The minimum absolute atomic E-state index is 0.198. The predicted octanol–water partition coefficient (Wildman–Crippen LogP) is 3.57. The first kappa shape index (κ1) is 13.1. The van der Waals surface area contributed by atoms with Gasteiger partial charge in [-0.3, -0.25) is 0 Å². The van der Waals surface area contributed by atoms with Crippen molar-refractivity contribution < 1.29 is 0 Å². The number of nitriles is 1. The fourth-order valence-electron chi connectivity index (χ4n) is 0.590. The SMILES string of the molecule is CC(C)(C)/N=N/C(C)(C#N)C(C)(C)C. The van der Waals surface area contributed by atoms with Gasteiger partial charge in [-0.05, 0) is 27.7 Å². The number of rotatable bonds is 1. The average molecular weight is 195 g/mol. The van der Waals surface area contributed by atoms with Gasteiger partial charge in [-0.2, -0.15) is 15.5 Å². The lowest BCUT2D eigenvalue weighted by Crippen LogP contribution is -2.36. The number of nitrogens with zero attached hydrogens (tertiary/aromatic N) is 3. The van der Waals surface area contributed by atoms with Crippen LogP contribution in [0.2, 0.25) is 0 Å². The van der Waals surface area contributed by atoms with Crippen LogP contribution in [0.25, 0.3) is 0 Å². The van der Waals surface area contributed by atoms with E-state index in [-0.39, 0.29) is 11.0 Å². The van der Waals surface area contributed by atoms with Crippen molar-refractivity contribution >= 4 is 0 Å². The Hall–Kier alpha value is -0.910. The van der Waals surface area contributed by atoms with E-state index in [1.807, 2.05) is 48.5 Å². The van der Waals surface area contributed by atoms with Crippen LogP contribution in [0.1, 0.15) is 48.5 Å². The zero-order valence-corrected chi connectivity index (χ0v) is 10.3. The molecule has 0 N–H and O–H groups in total. The zero-order valence-electron chi connectivity index (χ0n) is 10.3. The van der Waals surface area contributed by atoms with Crippen LogP contribution in [0.3, 0.4) is 0 Å². The molecular formula is C11H21N3. The summed E-state index contributed by atoms with van der Waals surface area (Å²) in [6, 6.07) is 2.23. The molecule has 1 atom stereocenters. The van der Waals surface area contributed by atoms with Crippen LogP contribution in [0.5, 0.6) is 0 Å². The molecule has 0 aliphatic heterocycles. The van der Waals surface area contributed by atoms with Gasteiger partial charge < -0.3 is 0 Å². The normalized spacial score (nSPS) is 17.9. The highest BCUT2D eigenvalue weighted by Crippen LogP contribution is 2.33. The van der Waals surface area contributed by atoms with Crippen LogP contribution in [0.15, 0.2) is 10.2 Å². The Morgan fingerprint density at radius 3 is 1.50 bits per heavy atom. The lowest BCUT2D eigenvalue weighted by Gasteiger charge is -2.31. The summed E-state index contributed by atoms with van der Waals surface area (Å²) < 4.78 is 0. The van der Waals surface area contributed by atoms with E-state index in [9.17, 15) is 0 Å². The van der Waals surface area contributed by atoms with E-state index in [2.05, 4.69) is 16.3 Å². The molecule has 3 nitrogen and oxygen atoms in total. The van der Waals surface area contributed by atoms with Gasteiger partial charge in [0.05, 0.1) is 11.6 Å². The highest BCUT2D eigenvalue weighted by molar-refractivity contribution is 5.10. The smallest absolute Gasteiger partial charge is 0.169 e. The second kappa shape index (κ2) is 3.68. The standard InChI is InChI=1S/C11H21N3/c1-9(2,3)11(7,8-12)14-13-10(4,5)6/h1-7H3/b14-13+. The maximum Gasteiger partial charge on any atom is 0.169 e. The second-order valence-electron chi connectivity index (χ2n) is 5.80. The zero-order chi connectivity index (χ0) is 11.6. The van der Waals surface area contributed by atoms with Crippen LogP contribution in [-0.2, 0) is 0 Å². The van der Waals surface area contributed by atoms with Crippen molar-refractivity contribution in [1.29, 1.82) is 5.26 Å². The summed E-state index contributed by atoms with van der Waals surface area (Å²) in [6.45, 7) is 13.7. The van der Waals surface area contributed by atoms with Crippen LogP contribution in [0, 0.1) is 16.7 Å².